The van der Waals surface area contributed by atoms with Crippen molar-refractivity contribution in [2.45, 2.75) is 11.8 Å². The molecule has 0 atom stereocenters. The van der Waals surface area contributed by atoms with Gasteiger partial charge in [-0.2, -0.15) is 0 Å². The molecule has 2 aromatic rings. The van der Waals surface area contributed by atoms with Crippen LogP contribution < -0.4 is 0 Å². The van der Waals surface area contributed by atoms with Crippen LogP contribution in [0.3, 0.4) is 0 Å². The van der Waals surface area contributed by atoms with Gasteiger partial charge >= 0.3 is 0 Å². The zero-order valence-corrected chi connectivity index (χ0v) is 8.98. The van der Waals surface area contributed by atoms with Crippen LogP contribution in [0.2, 0.25) is 0 Å². The first kappa shape index (κ1) is 9.55. The molecule has 14 heavy (non-hydrogen) atoms. The Kier molecular flexibility index (Phi) is 2.05. The summed E-state index contributed by atoms with van der Waals surface area (Å²) in [7, 11) is 1.64. The second-order valence-corrected chi connectivity index (χ2v) is 5.62. The molecule has 1 heterocycles. The minimum atomic E-state index is -3.67. The van der Waals surface area contributed by atoms with Crippen molar-refractivity contribution in [3.05, 3.63) is 30.0 Å². The van der Waals surface area contributed by atoms with Gasteiger partial charge in [0.2, 0.25) is 0 Å². The Morgan fingerprint density at radius 3 is 2.71 bits per heavy atom. The maximum atomic E-state index is 11.2. The molecule has 5 heteroatoms. The average molecular weight is 230 g/mol. The fourth-order valence-electron chi connectivity index (χ4n) is 1.52. The predicted octanol–water partition coefficient (Wildman–Crippen LogP) is 2.40. The molecule has 0 aliphatic rings. The van der Waals surface area contributed by atoms with Crippen LogP contribution in [0.5, 0.6) is 0 Å². The van der Waals surface area contributed by atoms with E-state index in [0.29, 0.717) is 5.39 Å². The van der Waals surface area contributed by atoms with Gasteiger partial charge in [-0.25, -0.2) is 8.42 Å². The molecule has 3 nitrogen and oxygen atoms in total. The zero-order valence-electron chi connectivity index (χ0n) is 7.41. The molecule has 0 radical (unpaired) electrons. The lowest BCUT2D eigenvalue weighted by Crippen LogP contribution is -1.89. The zero-order chi connectivity index (χ0) is 10.3. The highest BCUT2D eigenvalue weighted by Crippen LogP contribution is 2.27. The van der Waals surface area contributed by atoms with Crippen LogP contribution in [-0.4, -0.2) is 13.4 Å². The number of rotatable bonds is 1. The first-order valence-corrected chi connectivity index (χ1v) is 6.32. The molecule has 1 aromatic carbocycles. The van der Waals surface area contributed by atoms with Crippen molar-refractivity contribution >= 4 is 30.6 Å². The van der Waals surface area contributed by atoms with E-state index in [4.69, 9.17) is 10.7 Å². The number of hydrogen-bond acceptors (Lipinski definition) is 2. The van der Waals surface area contributed by atoms with Crippen molar-refractivity contribution < 1.29 is 8.42 Å². The second-order valence-electron chi connectivity index (χ2n) is 3.09. The van der Waals surface area contributed by atoms with E-state index in [1.165, 1.54) is 6.20 Å². The lowest BCUT2D eigenvalue weighted by atomic mass is 10.1. The summed E-state index contributed by atoms with van der Waals surface area (Å²) in [5.74, 6) is 0. The Hall–Kier alpha value is -1.00. The van der Waals surface area contributed by atoms with Crippen molar-refractivity contribution in [2.24, 2.45) is 0 Å². The van der Waals surface area contributed by atoms with E-state index in [-0.39, 0.29) is 4.90 Å². The minimum absolute atomic E-state index is 0.146. The summed E-state index contributed by atoms with van der Waals surface area (Å²) >= 11 is 0. The second kappa shape index (κ2) is 3.00. The molecule has 1 N–H and O–H groups in total. The Morgan fingerprint density at radius 1 is 1.36 bits per heavy atom. The third-order valence-corrected chi connectivity index (χ3v) is 3.49. The maximum absolute atomic E-state index is 11.2. The molecular weight excluding hydrogens is 222 g/mol. The Bertz CT molecular complexity index is 586. The standard InChI is InChI=1S/C9H8ClNO2S/c1-6-3-2-4-7-9(6)8(5-11-7)14(10,12)13/h2-5,11H,1H3. The molecule has 0 unspecified atom stereocenters. The fraction of sp³-hybridized carbons (Fsp3) is 0.111. The van der Waals surface area contributed by atoms with Gasteiger partial charge in [0.25, 0.3) is 9.05 Å². The molecular formula is C9H8ClNO2S. The molecule has 0 amide bonds. The minimum Gasteiger partial charge on any atom is -0.360 e. The predicted molar refractivity (Wildman–Crippen MR) is 56.1 cm³/mol. The molecule has 1 aromatic heterocycles. The lowest BCUT2D eigenvalue weighted by molar-refractivity contribution is 0.610. The third kappa shape index (κ3) is 1.40. The van der Waals surface area contributed by atoms with Crippen LogP contribution in [0.15, 0.2) is 29.3 Å². The summed E-state index contributed by atoms with van der Waals surface area (Å²) in [6, 6.07) is 5.52. The van der Waals surface area contributed by atoms with Crippen molar-refractivity contribution in [3.63, 3.8) is 0 Å². The van der Waals surface area contributed by atoms with Gasteiger partial charge in [-0.3, -0.25) is 0 Å². The smallest absolute Gasteiger partial charge is 0.263 e. The van der Waals surface area contributed by atoms with Crippen molar-refractivity contribution in [1.29, 1.82) is 0 Å². The fourth-order valence-corrected chi connectivity index (χ4v) is 2.60. The van der Waals surface area contributed by atoms with Crippen LogP contribution in [0, 0.1) is 6.92 Å². The Balaban J connectivity index is 2.94. The summed E-state index contributed by atoms with van der Waals surface area (Å²) in [6.07, 6.45) is 1.42. The van der Waals surface area contributed by atoms with E-state index in [2.05, 4.69) is 4.98 Å². The molecule has 0 aliphatic carbocycles. The van der Waals surface area contributed by atoms with E-state index in [9.17, 15) is 8.42 Å². The van der Waals surface area contributed by atoms with Crippen LogP contribution in [0.1, 0.15) is 5.56 Å². The summed E-state index contributed by atoms with van der Waals surface area (Å²) in [5, 5.41) is 0.669. The van der Waals surface area contributed by atoms with Gasteiger partial charge in [0.1, 0.15) is 4.90 Å². The van der Waals surface area contributed by atoms with Crippen LogP contribution in [0.25, 0.3) is 10.9 Å². The summed E-state index contributed by atoms with van der Waals surface area (Å²) in [4.78, 5) is 3.02. The lowest BCUT2D eigenvalue weighted by Gasteiger charge is -1.97. The van der Waals surface area contributed by atoms with Gasteiger partial charge in [0, 0.05) is 27.8 Å². The van der Waals surface area contributed by atoms with Gasteiger partial charge in [-0.1, -0.05) is 12.1 Å². The van der Waals surface area contributed by atoms with Crippen molar-refractivity contribution in [1.82, 2.24) is 4.98 Å². The van der Waals surface area contributed by atoms with E-state index in [0.717, 1.165) is 11.1 Å². The molecule has 2 rings (SSSR count). The first-order valence-electron chi connectivity index (χ1n) is 4.01. The van der Waals surface area contributed by atoms with Crippen LogP contribution >= 0.6 is 10.7 Å². The molecule has 0 fully saturated rings. The molecule has 0 saturated carbocycles. The van der Waals surface area contributed by atoms with Gasteiger partial charge in [-0.05, 0) is 18.6 Å². The van der Waals surface area contributed by atoms with Crippen LogP contribution in [0.4, 0.5) is 0 Å². The molecule has 0 bridgehead atoms. The Labute approximate surface area is 86.1 Å². The largest absolute Gasteiger partial charge is 0.360 e. The molecule has 0 spiro atoms. The van der Waals surface area contributed by atoms with Gasteiger partial charge in [-0.15, -0.1) is 0 Å². The highest BCUT2D eigenvalue weighted by molar-refractivity contribution is 8.14. The summed E-state index contributed by atoms with van der Waals surface area (Å²) in [6.45, 7) is 1.85. The quantitative estimate of drug-likeness (QED) is 0.764. The van der Waals surface area contributed by atoms with Gasteiger partial charge in [0.15, 0.2) is 0 Å². The molecule has 0 aliphatic heterocycles. The number of aromatic nitrogens is 1. The topological polar surface area (TPSA) is 49.9 Å². The monoisotopic (exact) mass is 229 g/mol. The van der Waals surface area contributed by atoms with Crippen molar-refractivity contribution in [3.8, 4) is 0 Å². The number of nitrogens with one attached hydrogen (secondary N) is 1. The number of aryl methyl sites for hydroxylation is 1. The average Bonchev–Trinajstić information content (AvgIpc) is 2.47. The van der Waals surface area contributed by atoms with Gasteiger partial charge < -0.3 is 4.98 Å². The van der Waals surface area contributed by atoms with E-state index in [1.807, 2.05) is 25.1 Å². The highest BCUT2D eigenvalue weighted by atomic mass is 35.7. The summed E-state index contributed by atoms with van der Waals surface area (Å²) in [5.41, 5.74) is 1.67. The normalized spacial score (nSPS) is 12.1. The number of aromatic amines is 1. The number of H-pyrrole nitrogens is 1. The number of benzene rings is 1. The maximum Gasteiger partial charge on any atom is 0.263 e. The van der Waals surface area contributed by atoms with E-state index >= 15 is 0 Å². The van der Waals surface area contributed by atoms with E-state index in [1.54, 1.807) is 0 Å². The van der Waals surface area contributed by atoms with Gasteiger partial charge in [0.05, 0.1) is 0 Å². The van der Waals surface area contributed by atoms with E-state index < -0.39 is 9.05 Å². The number of hydrogen-bond donors (Lipinski definition) is 1. The highest BCUT2D eigenvalue weighted by Gasteiger charge is 2.16. The Morgan fingerprint density at radius 2 is 2.07 bits per heavy atom. The SMILES string of the molecule is Cc1cccc2[nH]cc(S(=O)(=O)Cl)c12. The third-order valence-electron chi connectivity index (χ3n) is 2.14. The summed E-state index contributed by atoms with van der Waals surface area (Å²) < 4.78 is 22.4. The van der Waals surface area contributed by atoms with Crippen LogP contribution in [-0.2, 0) is 9.05 Å². The molecule has 0 saturated heterocycles. The first-order chi connectivity index (χ1) is 6.50. The number of halogens is 1. The van der Waals surface area contributed by atoms with Crippen molar-refractivity contribution in [2.75, 3.05) is 0 Å². The number of fused-ring (bicyclic) bond motifs is 1. The molecule has 74 valence electrons.